The number of hydrogen-bond acceptors (Lipinski definition) is 14. The minimum absolute atomic E-state index is 0.0334. The quantitative estimate of drug-likeness (QED) is 0.0521. The Morgan fingerprint density at radius 1 is 0.427 bits per heavy atom. The number of carbonyl (C=O) groups is 2. The van der Waals surface area contributed by atoms with Crippen LogP contribution in [0.3, 0.4) is 0 Å². The Hall–Kier alpha value is -11.1. The summed E-state index contributed by atoms with van der Waals surface area (Å²) in [7, 11) is 0. The molecule has 0 saturated carbocycles. The molecule has 2 saturated heterocycles. The number of aryl methyl sites for hydroxylation is 8. The highest BCUT2D eigenvalue weighted by Gasteiger charge is 2.36. The van der Waals surface area contributed by atoms with E-state index in [0.29, 0.717) is 90.1 Å². The van der Waals surface area contributed by atoms with Gasteiger partial charge in [-0.3, -0.25) is 47.9 Å². The van der Waals surface area contributed by atoms with E-state index >= 15 is 19.2 Å². The van der Waals surface area contributed by atoms with E-state index in [1.165, 1.54) is 0 Å². The van der Waals surface area contributed by atoms with Crippen molar-refractivity contribution in [1.29, 1.82) is 0 Å². The van der Waals surface area contributed by atoms with Crippen LogP contribution in [0.15, 0.2) is 162 Å². The maximum atomic E-state index is 16.4. The molecular weight excluding hydrogens is 1210 g/mol. The summed E-state index contributed by atoms with van der Waals surface area (Å²) in [5.74, 6) is -0.0602. The molecule has 0 radical (unpaired) electrons. The first kappa shape index (κ1) is 59.9. The molecular formula is C78H64N6O12. The van der Waals surface area contributed by atoms with Gasteiger partial charge in [0.05, 0.1) is 47.0 Å². The fraction of sp³-hybridized carbons (Fsp3) is 0.231. The van der Waals surface area contributed by atoms with Crippen molar-refractivity contribution in [2.45, 2.75) is 92.5 Å². The first-order valence-corrected chi connectivity index (χ1v) is 32.1. The highest BCUT2D eigenvalue weighted by Crippen LogP contribution is 2.54. The monoisotopic (exact) mass is 1280 g/mol. The van der Waals surface area contributed by atoms with Crippen molar-refractivity contribution in [3.63, 3.8) is 0 Å². The van der Waals surface area contributed by atoms with Crippen LogP contribution < -0.4 is 42.3 Å². The highest BCUT2D eigenvalue weighted by molar-refractivity contribution is 6.46. The van der Waals surface area contributed by atoms with Crippen LogP contribution in [0.5, 0.6) is 23.0 Å². The van der Waals surface area contributed by atoms with Gasteiger partial charge in [-0.25, -0.2) is 0 Å². The van der Waals surface area contributed by atoms with Crippen LogP contribution in [0.1, 0.15) is 67.7 Å². The predicted molar refractivity (Wildman–Crippen MR) is 371 cm³/mol. The number of pyridine rings is 4. The van der Waals surface area contributed by atoms with Crippen LogP contribution in [-0.2, 0) is 31.9 Å². The Balaban J connectivity index is 1.17. The zero-order valence-corrected chi connectivity index (χ0v) is 53.9. The van der Waals surface area contributed by atoms with Gasteiger partial charge in [0.15, 0.2) is 0 Å². The number of fused-ring (bicyclic) bond motifs is 4. The first-order valence-electron chi connectivity index (χ1n) is 32.1. The van der Waals surface area contributed by atoms with Crippen molar-refractivity contribution in [3.05, 3.63) is 231 Å². The Morgan fingerprint density at radius 3 is 1.16 bits per heavy atom. The Bertz CT molecular complexity index is 5590. The second kappa shape index (κ2) is 22.8. The van der Waals surface area contributed by atoms with E-state index in [9.17, 15) is 9.59 Å². The summed E-state index contributed by atoms with van der Waals surface area (Å²) in [4.78, 5) is 104. The molecule has 0 bridgehead atoms. The Labute approximate surface area is 546 Å². The average molecular weight is 1280 g/mol. The molecule has 2 aliphatic heterocycles. The van der Waals surface area contributed by atoms with Crippen molar-refractivity contribution in [1.82, 2.24) is 29.7 Å². The molecule has 0 aliphatic carbocycles. The molecule has 2 aliphatic rings. The van der Waals surface area contributed by atoms with Crippen LogP contribution in [-0.4, -0.2) is 69.4 Å². The van der Waals surface area contributed by atoms with Crippen LogP contribution >= 0.6 is 0 Å². The van der Waals surface area contributed by atoms with Crippen LogP contribution in [0, 0.1) is 55.4 Å². The molecule has 7 heterocycles. The fourth-order valence-electron chi connectivity index (χ4n) is 14.4. The molecule has 2 N–H and O–H groups in total. The Kier molecular flexibility index (Phi) is 14.3. The minimum Gasteiger partial charge on any atom is -0.456 e. The third kappa shape index (κ3) is 10.1. The highest BCUT2D eigenvalue weighted by atomic mass is 16.6. The summed E-state index contributed by atoms with van der Waals surface area (Å²) in [6.07, 6.45) is 5.80. The van der Waals surface area contributed by atoms with Gasteiger partial charge >= 0.3 is 0 Å². The molecule has 2 amide bonds. The number of epoxide rings is 2. The first-order chi connectivity index (χ1) is 46.3. The normalized spacial score (nSPS) is 15.2. The number of ether oxygens (including phenoxy) is 4. The fourth-order valence-corrected chi connectivity index (χ4v) is 14.4. The molecule has 9 aromatic carbocycles. The summed E-state index contributed by atoms with van der Waals surface area (Å²) in [6, 6.07) is 30.2. The number of rotatable bonds is 16. The molecule has 4 atom stereocenters. The molecule has 0 spiro atoms. The second-order valence-electron chi connectivity index (χ2n) is 26.1. The zero-order chi connectivity index (χ0) is 66.3. The van der Waals surface area contributed by atoms with E-state index in [-0.39, 0.29) is 93.1 Å². The summed E-state index contributed by atoms with van der Waals surface area (Å²) in [6.45, 7) is 16.9. The van der Waals surface area contributed by atoms with Gasteiger partial charge in [-0.15, -0.1) is 0 Å². The van der Waals surface area contributed by atoms with Gasteiger partial charge in [0.2, 0.25) is 11.8 Å². The summed E-state index contributed by atoms with van der Waals surface area (Å²) in [5.41, 5.74) is 6.06. The van der Waals surface area contributed by atoms with E-state index in [4.69, 9.17) is 27.8 Å². The SMILES string of the molecule is Cc1ccc(Oc2cc3c(=O)n(C(Cc4ccncc4)C(=O)NCC4CO4)c(=O)c4cc5oc6c(C)cc(C)cc6c6cc(C)cc(C)c6oc6cc7c(=O)n(C(Cc8ccncc8)C(=O)NCC8CO8)c(=O)c8cc(Oc9ccc(C)cc9C)c9c2c(c34)c5c6c9c87)c(C)c1. The van der Waals surface area contributed by atoms with Crippen molar-refractivity contribution >= 4 is 110 Å². The molecule has 16 rings (SSSR count). The van der Waals surface area contributed by atoms with Crippen molar-refractivity contribution < 1.29 is 37.4 Å². The van der Waals surface area contributed by atoms with E-state index in [1.807, 2.05) is 116 Å². The van der Waals surface area contributed by atoms with E-state index in [2.05, 4.69) is 20.6 Å². The van der Waals surface area contributed by atoms with Crippen molar-refractivity contribution in [3.8, 4) is 23.0 Å². The predicted octanol–water partition coefficient (Wildman–Crippen LogP) is 13.2. The second-order valence-corrected chi connectivity index (χ2v) is 26.1. The lowest BCUT2D eigenvalue weighted by Crippen LogP contribution is -2.45. The van der Waals surface area contributed by atoms with Gasteiger partial charge in [0.25, 0.3) is 22.2 Å². The van der Waals surface area contributed by atoms with Gasteiger partial charge in [0, 0.05) is 105 Å². The lowest BCUT2D eigenvalue weighted by molar-refractivity contribution is -0.125. The standard InChI is InChI=1S/C78H64N6O12/c1-37-9-11-57(41(5)21-37)93-59-29-51-63-53(77(89)83(75(51)87)55(27-45-13-17-79-18-14-45)73(85)81-33-47-35-91-47)31-61-67-68-62(96-72-44(8)24-40(4)26-50(72)49-25-39(3)23-43(7)71(49)95-61)32-54-64-52(30-60(66(70(64)68)65(59)69(63)67)94-58-12-10-38(2)22-42(58)6)76(88)84(78(54)90)56(28-46-15-19-80-20-16-46)74(86)82-34-48-36-92-48/h9-26,29-32,47-48,55-56H,27-28,33-36H2,1-8H3,(H,81,85)(H,82,86). The maximum Gasteiger partial charge on any atom is 0.262 e. The van der Waals surface area contributed by atoms with Gasteiger partial charge in [-0.1, -0.05) is 47.5 Å². The van der Waals surface area contributed by atoms with Gasteiger partial charge in [-0.05, 0) is 173 Å². The summed E-state index contributed by atoms with van der Waals surface area (Å²) >= 11 is 0. The average Bonchev–Trinajstić information content (AvgIpc) is 0.834. The van der Waals surface area contributed by atoms with Crippen LogP contribution in [0.25, 0.3) is 97.7 Å². The molecule has 5 aromatic heterocycles. The molecule has 18 nitrogen and oxygen atoms in total. The topological polar surface area (TPSA) is 232 Å². The Morgan fingerprint density at radius 2 is 0.792 bits per heavy atom. The minimum atomic E-state index is -1.39. The molecule has 4 unspecified atom stereocenters. The molecule has 478 valence electrons. The van der Waals surface area contributed by atoms with Gasteiger partial charge < -0.3 is 38.4 Å². The largest absolute Gasteiger partial charge is 0.456 e. The third-order valence-electron chi connectivity index (χ3n) is 19.0. The molecule has 96 heavy (non-hydrogen) atoms. The number of hydrogen-bond donors (Lipinski definition) is 2. The molecule has 14 aromatic rings. The maximum absolute atomic E-state index is 16.4. The van der Waals surface area contributed by atoms with Crippen molar-refractivity contribution in [2.75, 3.05) is 26.3 Å². The van der Waals surface area contributed by atoms with E-state index in [0.717, 1.165) is 53.6 Å². The summed E-state index contributed by atoms with van der Waals surface area (Å²) < 4.78 is 43.1. The molecule has 18 heteroatoms. The number of benzene rings is 9. The van der Waals surface area contributed by atoms with Gasteiger partial charge in [-0.2, -0.15) is 0 Å². The number of nitrogens with one attached hydrogen (secondary N) is 2. The number of nitrogens with zero attached hydrogens (tertiary/aromatic N) is 4. The molecule has 2 fully saturated rings. The van der Waals surface area contributed by atoms with E-state index < -0.39 is 46.1 Å². The lowest BCUT2D eigenvalue weighted by Gasteiger charge is -2.25. The van der Waals surface area contributed by atoms with Gasteiger partial charge in [0.1, 0.15) is 57.4 Å². The third-order valence-corrected chi connectivity index (χ3v) is 19.0. The lowest BCUT2D eigenvalue weighted by atomic mass is 9.84. The van der Waals surface area contributed by atoms with Crippen LogP contribution in [0.4, 0.5) is 0 Å². The number of carbonyl (C=O) groups excluding carboxylic acids is 2. The smallest absolute Gasteiger partial charge is 0.262 e. The number of amides is 2. The van der Waals surface area contributed by atoms with E-state index in [1.54, 1.807) is 73.3 Å². The van der Waals surface area contributed by atoms with Crippen molar-refractivity contribution in [2.24, 2.45) is 0 Å². The van der Waals surface area contributed by atoms with Crippen LogP contribution in [0.2, 0.25) is 0 Å². The number of aromatic nitrogens is 4. The zero-order valence-electron chi connectivity index (χ0n) is 53.9. The summed E-state index contributed by atoms with van der Waals surface area (Å²) in [5, 5.41) is 9.80.